The van der Waals surface area contributed by atoms with Gasteiger partial charge in [0, 0.05) is 5.70 Å². The van der Waals surface area contributed by atoms with Crippen LogP contribution >= 0.6 is 0 Å². The minimum atomic E-state index is -1.42. The van der Waals surface area contributed by atoms with Crippen LogP contribution in [0.4, 0.5) is 4.39 Å². The highest BCUT2D eigenvalue weighted by Gasteiger charge is 2.15. The molecule has 0 atom stereocenters. The van der Waals surface area contributed by atoms with E-state index in [-0.39, 0.29) is 5.70 Å². The van der Waals surface area contributed by atoms with E-state index in [1.54, 1.807) is 0 Å². The summed E-state index contributed by atoms with van der Waals surface area (Å²) in [6.45, 7) is 5.97. The minimum absolute atomic E-state index is 0.0764. The maximum absolute atomic E-state index is 12.3. The molecule has 0 aromatic rings. The zero-order chi connectivity index (χ0) is 6.08. The second kappa shape index (κ2) is 1.52. The van der Waals surface area contributed by atoms with Gasteiger partial charge in [-0.1, -0.05) is 6.58 Å². The SMILES string of the molecule is C=C(N)C(C)(C)F. The van der Waals surface area contributed by atoms with Gasteiger partial charge >= 0.3 is 0 Å². The molecule has 2 N–H and O–H groups in total. The van der Waals surface area contributed by atoms with E-state index in [0.29, 0.717) is 0 Å². The first-order valence-corrected chi connectivity index (χ1v) is 2.08. The highest BCUT2D eigenvalue weighted by Crippen LogP contribution is 2.12. The topological polar surface area (TPSA) is 26.0 Å². The smallest absolute Gasteiger partial charge is 0.143 e. The maximum Gasteiger partial charge on any atom is 0.143 e. The van der Waals surface area contributed by atoms with E-state index in [1.807, 2.05) is 0 Å². The van der Waals surface area contributed by atoms with E-state index in [2.05, 4.69) is 6.58 Å². The quantitative estimate of drug-likeness (QED) is 0.530. The lowest BCUT2D eigenvalue weighted by molar-refractivity contribution is 0.266. The third kappa shape index (κ3) is 2.20. The zero-order valence-electron chi connectivity index (χ0n) is 4.66. The molecule has 0 aromatic carbocycles. The first-order valence-electron chi connectivity index (χ1n) is 2.08. The van der Waals surface area contributed by atoms with Crippen LogP contribution in [0.5, 0.6) is 0 Å². The molecule has 0 spiro atoms. The standard InChI is InChI=1S/C5H10FN/c1-4(7)5(2,3)6/h1,7H2,2-3H3. The van der Waals surface area contributed by atoms with Gasteiger partial charge < -0.3 is 5.73 Å². The summed E-state index contributed by atoms with van der Waals surface area (Å²) < 4.78 is 12.3. The van der Waals surface area contributed by atoms with Gasteiger partial charge in [0.05, 0.1) is 0 Å². The predicted molar refractivity (Wildman–Crippen MR) is 28.5 cm³/mol. The van der Waals surface area contributed by atoms with Gasteiger partial charge in [0.2, 0.25) is 0 Å². The lowest BCUT2D eigenvalue weighted by atomic mass is 10.1. The highest BCUT2D eigenvalue weighted by molar-refractivity contribution is 5.02. The van der Waals surface area contributed by atoms with E-state index < -0.39 is 5.67 Å². The van der Waals surface area contributed by atoms with Crippen molar-refractivity contribution >= 4 is 0 Å². The first kappa shape index (κ1) is 6.47. The highest BCUT2D eigenvalue weighted by atomic mass is 19.1. The monoisotopic (exact) mass is 103 g/mol. The summed E-state index contributed by atoms with van der Waals surface area (Å²) >= 11 is 0. The summed E-state index contributed by atoms with van der Waals surface area (Å²) in [4.78, 5) is 0. The van der Waals surface area contributed by atoms with Crippen molar-refractivity contribution in [1.29, 1.82) is 0 Å². The van der Waals surface area contributed by atoms with Crippen LogP contribution in [0.3, 0.4) is 0 Å². The molecule has 0 rings (SSSR count). The van der Waals surface area contributed by atoms with E-state index in [1.165, 1.54) is 13.8 Å². The Bertz CT molecular complexity index is 80.6. The van der Waals surface area contributed by atoms with Crippen LogP contribution in [0.15, 0.2) is 12.3 Å². The van der Waals surface area contributed by atoms with Crippen molar-refractivity contribution in [2.75, 3.05) is 0 Å². The molecule has 0 unspecified atom stereocenters. The van der Waals surface area contributed by atoms with Gasteiger partial charge in [0.1, 0.15) is 5.67 Å². The summed E-state index contributed by atoms with van der Waals surface area (Å²) in [5.41, 5.74) is 3.66. The molecule has 0 fully saturated rings. The van der Waals surface area contributed by atoms with Gasteiger partial charge in [0.15, 0.2) is 0 Å². The number of nitrogens with two attached hydrogens (primary N) is 1. The fourth-order valence-electron chi connectivity index (χ4n) is 0. The molecule has 0 saturated heterocycles. The van der Waals surface area contributed by atoms with Crippen LogP contribution in [0, 0.1) is 0 Å². The Labute approximate surface area is 43.0 Å². The molecule has 0 bridgehead atoms. The molecule has 0 radical (unpaired) electrons. The second-order valence-electron chi connectivity index (χ2n) is 2.00. The van der Waals surface area contributed by atoms with Gasteiger partial charge in [0.25, 0.3) is 0 Å². The Hall–Kier alpha value is -0.530. The van der Waals surface area contributed by atoms with Crippen LogP contribution in [-0.2, 0) is 0 Å². The molecule has 2 heteroatoms. The van der Waals surface area contributed by atoms with Crippen LogP contribution in [0.2, 0.25) is 0 Å². The largest absolute Gasteiger partial charge is 0.400 e. The van der Waals surface area contributed by atoms with Crippen molar-refractivity contribution in [3.63, 3.8) is 0 Å². The molecule has 0 heterocycles. The minimum Gasteiger partial charge on any atom is -0.400 e. The number of rotatable bonds is 1. The number of halogens is 1. The second-order valence-corrected chi connectivity index (χ2v) is 2.00. The summed E-state index contributed by atoms with van der Waals surface area (Å²) in [6, 6.07) is 0. The molecule has 0 aromatic heterocycles. The average Bonchev–Trinajstić information content (AvgIpc) is 1.31. The Morgan fingerprint density at radius 2 is 1.86 bits per heavy atom. The van der Waals surface area contributed by atoms with Crippen molar-refractivity contribution < 1.29 is 4.39 Å². The van der Waals surface area contributed by atoms with Crippen molar-refractivity contribution in [3.8, 4) is 0 Å². The molecule has 0 aliphatic carbocycles. The fraction of sp³-hybridized carbons (Fsp3) is 0.600. The molecule has 42 valence electrons. The van der Waals surface area contributed by atoms with Crippen molar-refractivity contribution in [3.05, 3.63) is 12.3 Å². The molecule has 0 amide bonds. The molecule has 1 nitrogen and oxygen atoms in total. The summed E-state index contributed by atoms with van der Waals surface area (Å²) in [5.74, 6) is 0. The van der Waals surface area contributed by atoms with Gasteiger partial charge in [-0.25, -0.2) is 4.39 Å². The molecule has 0 saturated carbocycles. The lowest BCUT2D eigenvalue weighted by Gasteiger charge is -2.11. The molecular formula is C5H10FN. The van der Waals surface area contributed by atoms with E-state index in [0.717, 1.165) is 0 Å². The fourth-order valence-corrected chi connectivity index (χ4v) is 0. The van der Waals surface area contributed by atoms with E-state index in [4.69, 9.17) is 5.73 Å². The molecular weight excluding hydrogens is 93.1 g/mol. The predicted octanol–water partition coefficient (Wildman–Crippen LogP) is 1.21. The van der Waals surface area contributed by atoms with Gasteiger partial charge in [-0.15, -0.1) is 0 Å². The van der Waals surface area contributed by atoms with Gasteiger partial charge in [-0.3, -0.25) is 0 Å². The number of hydrogen-bond donors (Lipinski definition) is 1. The third-order valence-electron chi connectivity index (χ3n) is 0.764. The van der Waals surface area contributed by atoms with Crippen molar-refractivity contribution in [1.82, 2.24) is 0 Å². The van der Waals surface area contributed by atoms with Gasteiger partial charge in [-0.2, -0.15) is 0 Å². The molecule has 7 heavy (non-hydrogen) atoms. The van der Waals surface area contributed by atoms with Crippen LogP contribution < -0.4 is 5.73 Å². The van der Waals surface area contributed by atoms with E-state index >= 15 is 0 Å². The number of alkyl halides is 1. The van der Waals surface area contributed by atoms with Crippen molar-refractivity contribution in [2.45, 2.75) is 19.5 Å². The number of hydrogen-bond acceptors (Lipinski definition) is 1. The summed E-state index contributed by atoms with van der Waals surface area (Å²) in [5, 5.41) is 0. The molecule has 0 aliphatic heterocycles. The molecule has 0 aliphatic rings. The Morgan fingerprint density at radius 3 is 1.86 bits per heavy atom. The lowest BCUT2D eigenvalue weighted by Crippen LogP contribution is -2.20. The zero-order valence-corrected chi connectivity index (χ0v) is 4.66. The van der Waals surface area contributed by atoms with Crippen LogP contribution in [0.25, 0.3) is 0 Å². The van der Waals surface area contributed by atoms with Crippen LogP contribution in [-0.4, -0.2) is 5.67 Å². The van der Waals surface area contributed by atoms with Gasteiger partial charge in [-0.05, 0) is 13.8 Å². The Kier molecular flexibility index (Phi) is 1.41. The van der Waals surface area contributed by atoms with Crippen LogP contribution in [0.1, 0.15) is 13.8 Å². The summed E-state index contributed by atoms with van der Waals surface area (Å²) in [7, 11) is 0. The number of allylic oxidation sites excluding steroid dienone is 1. The Morgan fingerprint density at radius 1 is 1.71 bits per heavy atom. The van der Waals surface area contributed by atoms with E-state index in [9.17, 15) is 4.39 Å². The average molecular weight is 103 g/mol. The van der Waals surface area contributed by atoms with Crippen molar-refractivity contribution in [2.24, 2.45) is 5.73 Å². The summed E-state index contributed by atoms with van der Waals surface area (Å²) in [6.07, 6.45) is 0. The normalized spacial score (nSPS) is 11.3. The first-order chi connectivity index (χ1) is 2.94. The Balaban J connectivity index is 3.79. The maximum atomic E-state index is 12.3. The third-order valence-corrected chi connectivity index (χ3v) is 0.764.